The zero-order valence-electron chi connectivity index (χ0n) is 9.87. The number of hydrogen-bond donors (Lipinski definition) is 1. The fraction of sp³-hybridized carbons (Fsp3) is 1.00. The first-order valence-electron chi connectivity index (χ1n) is 6.39. The normalized spacial score (nSPS) is 30.6. The Bertz CT molecular complexity index is 172. The van der Waals surface area contributed by atoms with E-state index in [9.17, 15) is 0 Å². The molecule has 2 saturated heterocycles. The van der Waals surface area contributed by atoms with Crippen LogP contribution in [0.2, 0.25) is 0 Å². The maximum atomic E-state index is 5.78. The Hall–Kier alpha value is -0.120. The SMILES string of the molecule is CNC1CCN(CC2CCCCO2)CC1. The van der Waals surface area contributed by atoms with Gasteiger partial charge in [0.25, 0.3) is 0 Å². The van der Waals surface area contributed by atoms with E-state index < -0.39 is 0 Å². The summed E-state index contributed by atoms with van der Waals surface area (Å²) in [4.78, 5) is 2.57. The average molecular weight is 212 g/mol. The summed E-state index contributed by atoms with van der Waals surface area (Å²) in [5.74, 6) is 0. The molecule has 1 atom stereocenters. The van der Waals surface area contributed by atoms with Crippen molar-refractivity contribution in [2.75, 3.05) is 33.3 Å². The van der Waals surface area contributed by atoms with Crippen molar-refractivity contribution in [3.63, 3.8) is 0 Å². The van der Waals surface area contributed by atoms with E-state index in [4.69, 9.17) is 4.74 Å². The average Bonchev–Trinajstić information content (AvgIpc) is 2.31. The van der Waals surface area contributed by atoms with E-state index in [1.54, 1.807) is 0 Å². The highest BCUT2D eigenvalue weighted by Gasteiger charge is 2.22. The Morgan fingerprint density at radius 2 is 2.00 bits per heavy atom. The molecule has 1 unspecified atom stereocenters. The standard InChI is InChI=1S/C12H24N2O/c1-13-11-5-7-14(8-6-11)10-12-4-2-3-9-15-12/h11-13H,2-10H2,1H3. The van der Waals surface area contributed by atoms with Gasteiger partial charge in [-0.05, 0) is 52.2 Å². The molecule has 0 radical (unpaired) electrons. The molecular formula is C12H24N2O. The predicted molar refractivity (Wildman–Crippen MR) is 62.1 cm³/mol. The van der Waals surface area contributed by atoms with Crippen LogP contribution in [0, 0.1) is 0 Å². The van der Waals surface area contributed by atoms with E-state index in [1.165, 1.54) is 45.2 Å². The molecule has 15 heavy (non-hydrogen) atoms. The number of hydrogen-bond acceptors (Lipinski definition) is 3. The van der Waals surface area contributed by atoms with E-state index in [2.05, 4.69) is 17.3 Å². The molecule has 88 valence electrons. The van der Waals surface area contributed by atoms with Crippen LogP contribution < -0.4 is 5.32 Å². The molecule has 0 amide bonds. The molecule has 3 heteroatoms. The third-order valence-electron chi connectivity index (χ3n) is 3.73. The molecule has 2 rings (SSSR count). The van der Waals surface area contributed by atoms with Crippen molar-refractivity contribution >= 4 is 0 Å². The van der Waals surface area contributed by atoms with Gasteiger partial charge in [0.15, 0.2) is 0 Å². The summed E-state index contributed by atoms with van der Waals surface area (Å²) in [6, 6.07) is 0.744. The summed E-state index contributed by atoms with van der Waals surface area (Å²) in [7, 11) is 2.07. The molecule has 2 fully saturated rings. The topological polar surface area (TPSA) is 24.5 Å². The van der Waals surface area contributed by atoms with E-state index in [0.717, 1.165) is 19.2 Å². The van der Waals surface area contributed by atoms with Crippen LogP contribution in [0.15, 0.2) is 0 Å². The number of nitrogens with zero attached hydrogens (tertiary/aromatic N) is 1. The van der Waals surface area contributed by atoms with Crippen LogP contribution in [0.1, 0.15) is 32.1 Å². The van der Waals surface area contributed by atoms with Crippen LogP contribution in [-0.4, -0.2) is 50.3 Å². The Balaban J connectivity index is 1.67. The van der Waals surface area contributed by atoms with Crippen LogP contribution in [0.25, 0.3) is 0 Å². The first kappa shape index (κ1) is 11.4. The smallest absolute Gasteiger partial charge is 0.0702 e. The van der Waals surface area contributed by atoms with Gasteiger partial charge in [-0.25, -0.2) is 0 Å². The minimum absolute atomic E-state index is 0.518. The quantitative estimate of drug-likeness (QED) is 0.762. The second-order valence-corrected chi connectivity index (χ2v) is 4.85. The summed E-state index contributed by atoms with van der Waals surface area (Å²) >= 11 is 0. The van der Waals surface area contributed by atoms with Gasteiger partial charge in [-0.15, -0.1) is 0 Å². The van der Waals surface area contributed by atoms with E-state index in [0.29, 0.717) is 6.10 Å². The van der Waals surface area contributed by atoms with Crippen molar-refractivity contribution in [3.05, 3.63) is 0 Å². The van der Waals surface area contributed by atoms with Crippen LogP contribution in [0.4, 0.5) is 0 Å². The number of likely N-dealkylation sites (tertiary alicyclic amines) is 1. The molecule has 0 aromatic carbocycles. The fourth-order valence-electron chi connectivity index (χ4n) is 2.64. The molecule has 3 nitrogen and oxygen atoms in total. The Morgan fingerprint density at radius 3 is 2.60 bits per heavy atom. The summed E-state index contributed by atoms with van der Waals surface area (Å²) < 4.78 is 5.78. The van der Waals surface area contributed by atoms with Gasteiger partial charge in [0.1, 0.15) is 0 Å². The molecule has 0 bridgehead atoms. The lowest BCUT2D eigenvalue weighted by Crippen LogP contribution is -2.44. The third-order valence-corrected chi connectivity index (χ3v) is 3.73. The van der Waals surface area contributed by atoms with Gasteiger partial charge in [-0.3, -0.25) is 0 Å². The molecule has 0 spiro atoms. The Kier molecular flexibility index (Phi) is 4.42. The van der Waals surface area contributed by atoms with Crippen LogP contribution in [0.5, 0.6) is 0 Å². The third kappa shape index (κ3) is 3.44. The largest absolute Gasteiger partial charge is 0.377 e. The first-order chi connectivity index (χ1) is 7.38. The lowest BCUT2D eigenvalue weighted by Gasteiger charge is -2.35. The van der Waals surface area contributed by atoms with Gasteiger partial charge < -0.3 is 15.0 Å². The minimum Gasteiger partial charge on any atom is -0.377 e. The molecule has 0 saturated carbocycles. The number of piperidine rings is 1. The van der Waals surface area contributed by atoms with Crippen molar-refractivity contribution in [3.8, 4) is 0 Å². The monoisotopic (exact) mass is 212 g/mol. The van der Waals surface area contributed by atoms with E-state index in [1.807, 2.05) is 0 Å². The van der Waals surface area contributed by atoms with E-state index in [-0.39, 0.29) is 0 Å². The second kappa shape index (κ2) is 5.83. The van der Waals surface area contributed by atoms with Crippen LogP contribution in [-0.2, 0) is 4.74 Å². The molecule has 2 heterocycles. The molecule has 0 aliphatic carbocycles. The van der Waals surface area contributed by atoms with Crippen LogP contribution >= 0.6 is 0 Å². The van der Waals surface area contributed by atoms with Crippen molar-refractivity contribution in [2.24, 2.45) is 0 Å². The lowest BCUT2D eigenvalue weighted by molar-refractivity contribution is -0.00987. The van der Waals surface area contributed by atoms with Crippen molar-refractivity contribution in [1.82, 2.24) is 10.2 Å². The van der Waals surface area contributed by atoms with Gasteiger partial charge in [0.05, 0.1) is 6.10 Å². The van der Waals surface area contributed by atoms with Gasteiger partial charge in [-0.2, -0.15) is 0 Å². The summed E-state index contributed by atoms with van der Waals surface area (Å²) in [6.07, 6.45) is 7.00. The molecule has 0 aromatic rings. The van der Waals surface area contributed by atoms with Crippen molar-refractivity contribution in [2.45, 2.75) is 44.2 Å². The lowest BCUT2D eigenvalue weighted by atomic mass is 10.0. The highest BCUT2D eigenvalue weighted by atomic mass is 16.5. The highest BCUT2D eigenvalue weighted by Crippen LogP contribution is 2.16. The minimum atomic E-state index is 0.518. The number of rotatable bonds is 3. The summed E-state index contributed by atoms with van der Waals surface area (Å²) in [6.45, 7) is 4.63. The summed E-state index contributed by atoms with van der Waals surface area (Å²) in [5, 5.41) is 3.37. The predicted octanol–water partition coefficient (Wildman–Crippen LogP) is 1.24. The van der Waals surface area contributed by atoms with Crippen molar-refractivity contribution < 1.29 is 4.74 Å². The fourth-order valence-corrected chi connectivity index (χ4v) is 2.64. The second-order valence-electron chi connectivity index (χ2n) is 4.85. The van der Waals surface area contributed by atoms with Gasteiger partial charge in [-0.1, -0.05) is 0 Å². The van der Waals surface area contributed by atoms with Crippen LogP contribution in [0.3, 0.4) is 0 Å². The zero-order chi connectivity index (χ0) is 10.5. The first-order valence-corrected chi connectivity index (χ1v) is 6.39. The molecule has 2 aliphatic heterocycles. The number of nitrogens with one attached hydrogen (secondary N) is 1. The van der Waals surface area contributed by atoms with Gasteiger partial charge in [0, 0.05) is 19.2 Å². The summed E-state index contributed by atoms with van der Waals surface area (Å²) in [5.41, 5.74) is 0. The Labute approximate surface area is 93.2 Å². The molecule has 1 N–H and O–H groups in total. The molecule has 0 aromatic heterocycles. The maximum absolute atomic E-state index is 5.78. The number of ether oxygens (including phenoxy) is 1. The zero-order valence-corrected chi connectivity index (χ0v) is 9.87. The maximum Gasteiger partial charge on any atom is 0.0702 e. The van der Waals surface area contributed by atoms with E-state index >= 15 is 0 Å². The highest BCUT2D eigenvalue weighted by molar-refractivity contribution is 4.78. The molecule has 2 aliphatic rings. The van der Waals surface area contributed by atoms with Gasteiger partial charge in [0.2, 0.25) is 0 Å². The van der Waals surface area contributed by atoms with Crippen molar-refractivity contribution in [1.29, 1.82) is 0 Å². The van der Waals surface area contributed by atoms with Gasteiger partial charge >= 0.3 is 0 Å². The molecular weight excluding hydrogens is 188 g/mol. The Morgan fingerprint density at radius 1 is 1.20 bits per heavy atom.